The quantitative estimate of drug-likeness (QED) is 0.642. The Morgan fingerprint density at radius 1 is 1.21 bits per heavy atom. The summed E-state index contributed by atoms with van der Waals surface area (Å²) >= 11 is 1.44. The van der Waals surface area contributed by atoms with E-state index in [-0.39, 0.29) is 17.7 Å². The summed E-state index contributed by atoms with van der Waals surface area (Å²) < 4.78 is 6.80. The van der Waals surface area contributed by atoms with E-state index in [0.717, 1.165) is 5.69 Å². The molecule has 150 valence electrons. The van der Waals surface area contributed by atoms with Gasteiger partial charge in [0.2, 0.25) is 11.1 Å². The minimum Gasteiger partial charge on any atom is -0.459 e. The first-order chi connectivity index (χ1) is 14.2. The van der Waals surface area contributed by atoms with Crippen molar-refractivity contribution < 1.29 is 14.0 Å². The molecule has 0 spiro atoms. The minimum atomic E-state index is -0.144. The highest BCUT2D eigenvalue weighted by atomic mass is 32.2. The summed E-state index contributed by atoms with van der Waals surface area (Å²) in [6.07, 6.45) is 4.61. The Kier molecular flexibility index (Phi) is 5.61. The Hall–Kier alpha value is -3.14. The third kappa shape index (κ3) is 4.16. The zero-order valence-corrected chi connectivity index (χ0v) is 16.6. The van der Waals surface area contributed by atoms with Crippen LogP contribution in [0, 0.1) is 5.92 Å². The van der Waals surface area contributed by atoms with Gasteiger partial charge in [-0.3, -0.25) is 9.59 Å². The highest BCUT2D eigenvalue weighted by Crippen LogP contribution is 2.23. The van der Waals surface area contributed by atoms with Crippen LogP contribution in [0.15, 0.2) is 52.2 Å². The number of hydrogen-bond donors (Lipinski definition) is 1. The summed E-state index contributed by atoms with van der Waals surface area (Å²) in [7, 11) is 0. The largest absolute Gasteiger partial charge is 0.459 e. The van der Waals surface area contributed by atoms with E-state index in [1.165, 1.54) is 18.0 Å². The molecule has 0 bridgehead atoms. The first kappa shape index (κ1) is 19.2. The fourth-order valence-electron chi connectivity index (χ4n) is 3.33. The van der Waals surface area contributed by atoms with Crippen molar-refractivity contribution in [1.29, 1.82) is 0 Å². The monoisotopic (exact) mass is 412 g/mol. The number of piperidine rings is 1. The number of amides is 2. The number of nitrogens with zero attached hydrogens (tertiary/aromatic N) is 5. The molecule has 0 saturated carbocycles. The number of nitrogens with one attached hydrogen (secondary N) is 1. The number of hydrogen-bond acceptors (Lipinski definition) is 7. The third-order valence-electron chi connectivity index (χ3n) is 4.87. The number of likely N-dealkylation sites (tertiary alicyclic amines) is 1. The molecule has 29 heavy (non-hydrogen) atoms. The van der Waals surface area contributed by atoms with Gasteiger partial charge in [-0.25, -0.2) is 0 Å². The molecule has 1 saturated heterocycles. The van der Waals surface area contributed by atoms with Crippen molar-refractivity contribution in [3.05, 3.63) is 48.4 Å². The van der Waals surface area contributed by atoms with Crippen molar-refractivity contribution in [2.24, 2.45) is 5.92 Å². The standard InChI is InChI=1S/C19H20N6O3S/c1-29-19-21-22-23-25(19)15-5-2-4-14(12-15)20-17(26)13-7-9-24(10-8-13)18(27)16-6-3-11-28-16/h2-6,11-13H,7-10H2,1H3,(H,20,26). The SMILES string of the molecule is CSc1nnnn1-c1cccc(NC(=O)C2CCN(C(=O)c3ccco3)CC2)c1. The van der Waals surface area contributed by atoms with Gasteiger partial charge in [-0.05, 0) is 59.9 Å². The number of anilines is 1. The molecule has 4 rings (SSSR count). The Labute approximate surface area is 171 Å². The van der Waals surface area contributed by atoms with Crippen LogP contribution in [0.25, 0.3) is 5.69 Å². The van der Waals surface area contributed by atoms with Crippen molar-refractivity contribution in [1.82, 2.24) is 25.1 Å². The molecular formula is C19H20N6O3S. The second-order valence-electron chi connectivity index (χ2n) is 6.66. The molecule has 1 aromatic carbocycles. The van der Waals surface area contributed by atoms with Crippen LogP contribution >= 0.6 is 11.8 Å². The summed E-state index contributed by atoms with van der Waals surface area (Å²) in [5.74, 6) is 0.00711. The maximum Gasteiger partial charge on any atom is 0.289 e. The van der Waals surface area contributed by atoms with Crippen molar-refractivity contribution in [2.45, 2.75) is 18.0 Å². The topological polar surface area (TPSA) is 106 Å². The molecule has 3 heterocycles. The first-order valence-corrected chi connectivity index (χ1v) is 10.4. The van der Waals surface area contributed by atoms with Crippen LogP contribution in [0.5, 0.6) is 0 Å². The molecule has 1 aliphatic rings. The maximum atomic E-state index is 12.7. The van der Waals surface area contributed by atoms with Gasteiger partial charge in [0.05, 0.1) is 12.0 Å². The van der Waals surface area contributed by atoms with Crippen molar-refractivity contribution in [3.8, 4) is 5.69 Å². The lowest BCUT2D eigenvalue weighted by Gasteiger charge is -2.30. The molecule has 9 nitrogen and oxygen atoms in total. The van der Waals surface area contributed by atoms with Gasteiger partial charge in [0.25, 0.3) is 5.91 Å². The summed E-state index contributed by atoms with van der Waals surface area (Å²) in [5.41, 5.74) is 1.46. The zero-order valence-electron chi connectivity index (χ0n) is 15.8. The first-order valence-electron chi connectivity index (χ1n) is 9.22. The van der Waals surface area contributed by atoms with Gasteiger partial charge < -0.3 is 14.6 Å². The van der Waals surface area contributed by atoms with E-state index in [2.05, 4.69) is 20.8 Å². The maximum absolute atomic E-state index is 12.7. The van der Waals surface area contributed by atoms with Crippen LogP contribution in [0.1, 0.15) is 23.4 Å². The number of tetrazole rings is 1. The van der Waals surface area contributed by atoms with Crippen LogP contribution in [0.2, 0.25) is 0 Å². The molecule has 2 aromatic heterocycles. The molecule has 1 fully saturated rings. The lowest BCUT2D eigenvalue weighted by atomic mass is 9.95. The normalized spacial score (nSPS) is 14.7. The van der Waals surface area contributed by atoms with Gasteiger partial charge in [-0.2, -0.15) is 4.68 Å². The molecule has 0 unspecified atom stereocenters. The lowest BCUT2D eigenvalue weighted by molar-refractivity contribution is -0.121. The molecule has 1 aliphatic heterocycles. The lowest BCUT2D eigenvalue weighted by Crippen LogP contribution is -2.41. The fourth-order valence-corrected chi connectivity index (χ4v) is 3.76. The average Bonchev–Trinajstić information content (AvgIpc) is 3.45. The zero-order chi connectivity index (χ0) is 20.2. The summed E-state index contributed by atoms with van der Waals surface area (Å²) in [6.45, 7) is 1.05. The van der Waals surface area contributed by atoms with E-state index in [0.29, 0.717) is 42.5 Å². The number of furan rings is 1. The van der Waals surface area contributed by atoms with Gasteiger partial charge in [-0.1, -0.05) is 17.8 Å². The highest BCUT2D eigenvalue weighted by molar-refractivity contribution is 7.98. The van der Waals surface area contributed by atoms with E-state index >= 15 is 0 Å². The van der Waals surface area contributed by atoms with Crippen molar-refractivity contribution >= 4 is 29.3 Å². The van der Waals surface area contributed by atoms with Gasteiger partial charge in [-0.15, -0.1) is 5.10 Å². The fraction of sp³-hybridized carbons (Fsp3) is 0.316. The summed E-state index contributed by atoms with van der Waals surface area (Å²) in [4.78, 5) is 26.8. The molecule has 10 heteroatoms. The predicted octanol–water partition coefficient (Wildman–Crippen LogP) is 2.47. The Morgan fingerprint density at radius 2 is 2.03 bits per heavy atom. The molecule has 0 radical (unpaired) electrons. The second-order valence-corrected chi connectivity index (χ2v) is 7.43. The molecule has 0 atom stereocenters. The number of thioether (sulfide) groups is 1. The smallest absolute Gasteiger partial charge is 0.289 e. The van der Waals surface area contributed by atoms with E-state index in [4.69, 9.17) is 4.42 Å². The van der Waals surface area contributed by atoms with Crippen LogP contribution in [0.3, 0.4) is 0 Å². The molecule has 3 aromatic rings. The number of carbonyl (C=O) groups excluding carboxylic acids is 2. The van der Waals surface area contributed by atoms with E-state index in [1.807, 2.05) is 30.5 Å². The average molecular weight is 412 g/mol. The van der Waals surface area contributed by atoms with Crippen LogP contribution in [-0.4, -0.2) is 56.3 Å². The van der Waals surface area contributed by atoms with E-state index in [9.17, 15) is 9.59 Å². The van der Waals surface area contributed by atoms with Gasteiger partial charge >= 0.3 is 0 Å². The minimum absolute atomic E-state index is 0.0472. The van der Waals surface area contributed by atoms with Gasteiger partial charge in [0.15, 0.2) is 5.76 Å². The van der Waals surface area contributed by atoms with Gasteiger partial charge in [0.1, 0.15) is 0 Å². The molecule has 1 N–H and O–H groups in total. The van der Waals surface area contributed by atoms with E-state index in [1.54, 1.807) is 21.7 Å². The van der Waals surface area contributed by atoms with Gasteiger partial charge in [0, 0.05) is 24.7 Å². The molecule has 0 aliphatic carbocycles. The highest BCUT2D eigenvalue weighted by Gasteiger charge is 2.28. The van der Waals surface area contributed by atoms with Crippen LogP contribution < -0.4 is 5.32 Å². The second kappa shape index (κ2) is 8.48. The number of carbonyl (C=O) groups is 2. The predicted molar refractivity (Wildman–Crippen MR) is 107 cm³/mol. The van der Waals surface area contributed by atoms with Crippen LogP contribution in [0.4, 0.5) is 5.69 Å². The summed E-state index contributed by atoms with van der Waals surface area (Å²) in [5, 5.41) is 15.3. The molecular weight excluding hydrogens is 392 g/mol. The summed E-state index contributed by atoms with van der Waals surface area (Å²) in [6, 6.07) is 10.7. The number of benzene rings is 1. The molecule has 2 amide bonds. The Balaban J connectivity index is 1.37. The van der Waals surface area contributed by atoms with Crippen LogP contribution in [-0.2, 0) is 4.79 Å². The Morgan fingerprint density at radius 3 is 2.76 bits per heavy atom. The number of aromatic nitrogens is 4. The third-order valence-corrected chi connectivity index (χ3v) is 5.49. The van der Waals surface area contributed by atoms with Crippen molar-refractivity contribution in [2.75, 3.05) is 24.7 Å². The number of rotatable bonds is 5. The van der Waals surface area contributed by atoms with Crippen molar-refractivity contribution in [3.63, 3.8) is 0 Å². The van der Waals surface area contributed by atoms with E-state index < -0.39 is 0 Å². The Bertz CT molecular complexity index is 995.